The van der Waals surface area contributed by atoms with Crippen molar-refractivity contribution in [3.63, 3.8) is 0 Å². The van der Waals surface area contributed by atoms with E-state index in [0.717, 1.165) is 23.5 Å². The number of rotatable bonds is 6. The Balaban J connectivity index is 2.11. The van der Waals surface area contributed by atoms with Crippen molar-refractivity contribution in [2.24, 2.45) is 0 Å². The number of benzene rings is 1. The molecule has 0 unspecified atom stereocenters. The number of carbonyl (C=O) groups excluding carboxylic acids is 1. The molecule has 0 fully saturated rings. The number of hydrogen-bond acceptors (Lipinski definition) is 3. The monoisotopic (exact) mass is 393 g/mol. The summed E-state index contributed by atoms with van der Waals surface area (Å²) in [6.07, 6.45) is -4.46. The Morgan fingerprint density at radius 1 is 1.19 bits per heavy atom. The molecule has 0 aliphatic heterocycles. The van der Waals surface area contributed by atoms with Gasteiger partial charge in [0.1, 0.15) is 10.6 Å². The minimum absolute atomic E-state index is 0.0131. The Hall–Kier alpha value is -2.16. The fourth-order valence-electron chi connectivity index (χ4n) is 2.25. The summed E-state index contributed by atoms with van der Waals surface area (Å²) >= 11 is 0.933. The van der Waals surface area contributed by atoms with Crippen LogP contribution in [0.15, 0.2) is 35.7 Å². The summed E-state index contributed by atoms with van der Waals surface area (Å²) in [5, 5.41) is 4.00. The third-order valence-electron chi connectivity index (χ3n) is 3.71. The summed E-state index contributed by atoms with van der Waals surface area (Å²) in [5.74, 6) is -0.866. The van der Waals surface area contributed by atoms with Crippen LogP contribution in [0.1, 0.15) is 34.6 Å². The van der Waals surface area contributed by atoms with Gasteiger partial charge < -0.3 is 10.1 Å². The summed E-state index contributed by atoms with van der Waals surface area (Å²) < 4.78 is 67.5. The van der Waals surface area contributed by atoms with Gasteiger partial charge in [0.2, 0.25) is 0 Å². The van der Waals surface area contributed by atoms with Gasteiger partial charge in [0.05, 0.1) is 5.56 Å². The standard InChI is InChI=1S/C17H16F5NO2S/c1-16(2,10-4-3-5-11(8-10)17(20,21)22)9-23-14(24)13-12(6-7-26-13)25-15(18)19/h3-8,15H,9H2,1-2H3,(H,23,24). The second-order valence-electron chi connectivity index (χ2n) is 6.14. The van der Waals surface area contributed by atoms with E-state index >= 15 is 0 Å². The summed E-state index contributed by atoms with van der Waals surface area (Å²) in [7, 11) is 0. The molecule has 1 amide bonds. The molecule has 0 bridgehead atoms. The number of halogens is 5. The molecular formula is C17H16F5NO2S. The largest absolute Gasteiger partial charge is 0.433 e. The summed E-state index contributed by atoms with van der Waals surface area (Å²) in [6.45, 7) is 0.304. The quantitative estimate of drug-likeness (QED) is 0.696. The highest BCUT2D eigenvalue weighted by Gasteiger charge is 2.32. The van der Waals surface area contributed by atoms with Crippen LogP contribution in [0.2, 0.25) is 0 Å². The van der Waals surface area contributed by atoms with E-state index in [0.29, 0.717) is 5.56 Å². The van der Waals surface area contributed by atoms with Crippen molar-refractivity contribution in [1.29, 1.82) is 0 Å². The van der Waals surface area contributed by atoms with E-state index in [9.17, 15) is 26.7 Å². The summed E-state index contributed by atoms with van der Waals surface area (Å²) in [6, 6.07) is 6.09. The Morgan fingerprint density at radius 2 is 1.85 bits per heavy atom. The molecule has 0 aliphatic carbocycles. The van der Waals surface area contributed by atoms with E-state index in [1.165, 1.54) is 23.6 Å². The molecular weight excluding hydrogens is 377 g/mol. The third-order valence-corrected chi connectivity index (χ3v) is 4.61. The molecule has 1 heterocycles. The summed E-state index contributed by atoms with van der Waals surface area (Å²) in [5.41, 5.74) is -1.19. The maximum atomic E-state index is 12.9. The highest BCUT2D eigenvalue weighted by molar-refractivity contribution is 7.12. The van der Waals surface area contributed by atoms with Crippen molar-refractivity contribution < 1.29 is 31.5 Å². The average Bonchev–Trinajstić information content (AvgIpc) is 2.99. The number of nitrogens with one attached hydrogen (secondary N) is 1. The molecule has 0 saturated carbocycles. The Morgan fingerprint density at radius 3 is 2.46 bits per heavy atom. The zero-order valence-corrected chi connectivity index (χ0v) is 14.7. The zero-order chi connectivity index (χ0) is 19.5. The normalized spacial score (nSPS) is 12.3. The number of thiophene rings is 1. The van der Waals surface area contributed by atoms with Crippen molar-refractivity contribution >= 4 is 17.2 Å². The van der Waals surface area contributed by atoms with E-state index in [1.807, 2.05) is 0 Å². The maximum Gasteiger partial charge on any atom is 0.416 e. The predicted octanol–water partition coefficient (Wildman–Crippen LogP) is 5.08. The van der Waals surface area contributed by atoms with Gasteiger partial charge in [-0.3, -0.25) is 4.79 Å². The van der Waals surface area contributed by atoms with Gasteiger partial charge in [-0.2, -0.15) is 22.0 Å². The molecule has 1 N–H and O–H groups in total. The first-order valence-electron chi connectivity index (χ1n) is 7.49. The van der Waals surface area contributed by atoms with E-state index in [-0.39, 0.29) is 17.2 Å². The molecule has 3 nitrogen and oxygen atoms in total. The number of ether oxygens (including phenoxy) is 1. The lowest BCUT2D eigenvalue weighted by molar-refractivity contribution is -0.137. The number of carbonyl (C=O) groups is 1. The molecule has 0 saturated heterocycles. The SMILES string of the molecule is CC(C)(CNC(=O)c1sccc1OC(F)F)c1cccc(C(F)(F)F)c1. The highest BCUT2D eigenvalue weighted by atomic mass is 32.1. The number of hydrogen-bond donors (Lipinski definition) is 1. The van der Waals surface area contributed by atoms with E-state index < -0.39 is 29.7 Å². The fraction of sp³-hybridized carbons (Fsp3) is 0.353. The van der Waals surface area contributed by atoms with Crippen LogP contribution in [-0.4, -0.2) is 19.1 Å². The van der Waals surface area contributed by atoms with Crippen LogP contribution >= 0.6 is 11.3 Å². The first-order valence-corrected chi connectivity index (χ1v) is 8.37. The van der Waals surface area contributed by atoms with Crippen molar-refractivity contribution in [2.45, 2.75) is 32.1 Å². The van der Waals surface area contributed by atoms with Crippen molar-refractivity contribution in [2.75, 3.05) is 6.54 Å². The van der Waals surface area contributed by atoms with E-state index in [4.69, 9.17) is 0 Å². The molecule has 9 heteroatoms. The lowest BCUT2D eigenvalue weighted by Gasteiger charge is -2.26. The Bertz CT molecular complexity index is 771. The average molecular weight is 393 g/mol. The van der Waals surface area contributed by atoms with Gasteiger partial charge in [-0.05, 0) is 23.1 Å². The van der Waals surface area contributed by atoms with Crippen LogP contribution in [-0.2, 0) is 11.6 Å². The molecule has 0 radical (unpaired) electrons. The van der Waals surface area contributed by atoms with Crippen molar-refractivity contribution in [3.8, 4) is 5.75 Å². The third kappa shape index (κ3) is 4.94. The predicted molar refractivity (Wildman–Crippen MR) is 87.8 cm³/mol. The maximum absolute atomic E-state index is 12.9. The van der Waals surface area contributed by atoms with Crippen LogP contribution in [0.4, 0.5) is 22.0 Å². The first-order chi connectivity index (χ1) is 12.0. The second kappa shape index (κ2) is 7.61. The van der Waals surface area contributed by atoms with Crippen LogP contribution in [0, 0.1) is 0 Å². The van der Waals surface area contributed by atoms with Gasteiger partial charge in [0.25, 0.3) is 5.91 Å². The van der Waals surface area contributed by atoms with E-state index in [2.05, 4.69) is 10.1 Å². The van der Waals surface area contributed by atoms with Gasteiger partial charge in [-0.15, -0.1) is 11.3 Å². The Labute approximate surface area is 150 Å². The van der Waals surface area contributed by atoms with Crippen molar-refractivity contribution in [1.82, 2.24) is 5.32 Å². The number of alkyl halides is 5. The van der Waals surface area contributed by atoms with Gasteiger partial charge in [0.15, 0.2) is 0 Å². The lowest BCUT2D eigenvalue weighted by atomic mass is 9.83. The number of amides is 1. The lowest BCUT2D eigenvalue weighted by Crippen LogP contribution is -2.36. The topological polar surface area (TPSA) is 38.3 Å². The smallest absolute Gasteiger partial charge is 0.416 e. The molecule has 0 aliphatic rings. The molecule has 2 rings (SSSR count). The van der Waals surface area contributed by atoms with Crippen LogP contribution < -0.4 is 10.1 Å². The minimum atomic E-state index is -4.46. The molecule has 26 heavy (non-hydrogen) atoms. The van der Waals surface area contributed by atoms with Gasteiger partial charge >= 0.3 is 12.8 Å². The zero-order valence-electron chi connectivity index (χ0n) is 13.9. The molecule has 2 aromatic rings. The molecule has 1 aromatic carbocycles. The molecule has 142 valence electrons. The molecule has 0 atom stereocenters. The minimum Gasteiger partial charge on any atom is -0.433 e. The molecule has 0 spiro atoms. The first kappa shape index (κ1) is 20.2. The van der Waals surface area contributed by atoms with Crippen LogP contribution in [0.3, 0.4) is 0 Å². The van der Waals surface area contributed by atoms with Crippen molar-refractivity contribution in [3.05, 3.63) is 51.7 Å². The van der Waals surface area contributed by atoms with Gasteiger partial charge in [0, 0.05) is 12.0 Å². The second-order valence-corrected chi connectivity index (χ2v) is 7.05. The van der Waals surface area contributed by atoms with Crippen LogP contribution in [0.5, 0.6) is 5.75 Å². The van der Waals surface area contributed by atoms with Crippen LogP contribution in [0.25, 0.3) is 0 Å². The fourth-order valence-corrected chi connectivity index (χ4v) is 2.99. The molecule has 1 aromatic heterocycles. The highest BCUT2D eigenvalue weighted by Crippen LogP contribution is 2.33. The van der Waals surface area contributed by atoms with E-state index in [1.54, 1.807) is 13.8 Å². The van der Waals surface area contributed by atoms with Gasteiger partial charge in [-0.25, -0.2) is 0 Å². The Kier molecular flexibility index (Phi) is 5.90. The summed E-state index contributed by atoms with van der Waals surface area (Å²) in [4.78, 5) is 12.2. The van der Waals surface area contributed by atoms with Gasteiger partial charge in [-0.1, -0.05) is 32.0 Å².